The highest BCUT2D eigenvalue weighted by molar-refractivity contribution is 7.12. The van der Waals surface area contributed by atoms with Crippen LogP contribution in [0.25, 0.3) is 27.4 Å². The van der Waals surface area contributed by atoms with Gasteiger partial charge < -0.3 is 14.5 Å². The molecule has 0 saturated carbocycles. The van der Waals surface area contributed by atoms with Crippen molar-refractivity contribution in [2.24, 2.45) is 0 Å². The van der Waals surface area contributed by atoms with Gasteiger partial charge >= 0.3 is 0 Å². The molecular formula is C24H26ClN5OS. The van der Waals surface area contributed by atoms with Crippen molar-refractivity contribution in [1.29, 1.82) is 0 Å². The molecule has 0 atom stereocenters. The highest BCUT2D eigenvalue weighted by Crippen LogP contribution is 2.29. The molecule has 1 fully saturated rings. The summed E-state index contributed by atoms with van der Waals surface area (Å²) in [5.41, 5.74) is 3.84. The Kier molecular flexibility index (Phi) is 6.41. The van der Waals surface area contributed by atoms with E-state index in [9.17, 15) is 0 Å². The third kappa shape index (κ3) is 4.81. The van der Waals surface area contributed by atoms with Gasteiger partial charge in [-0.3, -0.25) is 4.57 Å². The first-order valence-electron chi connectivity index (χ1n) is 10.9. The van der Waals surface area contributed by atoms with E-state index in [-0.39, 0.29) is 0 Å². The van der Waals surface area contributed by atoms with Crippen molar-refractivity contribution >= 4 is 34.0 Å². The summed E-state index contributed by atoms with van der Waals surface area (Å²) >= 11 is 7.73. The molecule has 2 aromatic heterocycles. The molecule has 3 heterocycles. The Bertz CT molecular complexity index is 1200. The number of thiazole rings is 1. The molecule has 1 aliphatic rings. The fourth-order valence-electron chi connectivity index (χ4n) is 3.93. The average molecular weight is 468 g/mol. The lowest BCUT2D eigenvalue weighted by Gasteiger charge is -2.32. The minimum absolute atomic E-state index is 0.708. The quantitative estimate of drug-likeness (QED) is 0.365. The number of ether oxygens (including phenoxy) is 1. The lowest BCUT2D eigenvalue weighted by Crippen LogP contribution is -2.44. The summed E-state index contributed by atoms with van der Waals surface area (Å²) in [4.78, 5) is 14.2. The lowest BCUT2D eigenvalue weighted by atomic mass is 10.2. The van der Waals surface area contributed by atoms with E-state index < -0.39 is 0 Å². The molecule has 6 nitrogen and oxygen atoms in total. The van der Waals surface area contributed by atoms with Crippen molar-refractivity contribution in [3.8, 4) is 22.1 Å². The number of likely N-dealkylation sites (N-methyl/N-ethyl adjacent to an activating group) is 1. The van der Waals surface area contributed by atoms with Crippen molar-refractivity contribution in [2.45, 2.75) is 6.42 Å². The number of hydrogen-bond acceptors (Lipinski definition) is 6. The zero-order valence-corrected chi connectivity index (χ0v) is 19.6. The number of rotatable bonds is 7. The molecule has 0 radical (unpaired) electrons. The third-order valence-electron chi connectivity index (χ3n) is 5.82. The fraction of sp³-hybridized carbons (Fsp3) is 0.333. The van der Waals surface area contributed by atoms with Crippen LogP contribution in [0.4, 0.5) is 0 Å². The van der Waals surface area contributed by atoms with E-state index in [1.54, 1.807) is 11.3 Å². The van der Waals surface area contributed by atoms with Crippen LogP contribution in [0, 0.1) is 0 Å². The highest BCUT2D eigenvalue weighted by Gasteiger charge is 2.14. The topological polar surface area (TPSA) is 46.4 Å². The maximum Gasteiger partial charge on any atom is 0.195 e. The van der Waals surface area contributed by atoms with Gasteiger partial charge in [0.1, 0.15) is 12.1 Å². The van der Waals surface area contributed by atoms with Gasteiger partial charge in [0, 0.05) is 54.8 Å². The van der Waals surface area contributed by atoms with Gasteiger partial charge in [-0.2, -0.15) is 0 Å². The SMILES string of the molecule is CN1CCN(CCCOc2ccc3ncn(-c4nc(-c5cccc(Cl)c5)cs4)c3c2)CC1. The number of imidazole rings is 1. The van der Waals surface area contributed by atoms with Gasteiger partial charge in [0.25, 0.3) is 0 Å². The molecule has 166 valence electrons. The minimum Gasteiger partial charge on any atom is -0.493 e. The molecular weight excluding hydrogens is 442 g/mol. The van der Waals surface area contributed by atoms with E-state index in [0.29, 0.717) is 11.6 Å². The highest BCUT2D eigenvalue weighted by atomic mass is 35.5. The first kappa shape index (κ1) is 21.4. The van der Waals surface area contributed by atoms with E-state index in [1.165, 1.54) is 0 Å². The van der Waals surface area contributed by atoms with Gasteiger partial charge in [0.2, 0.25) is 0 Å². The summed E-state index contributed by atoms with van der Waals surface area (Å²) in [5, 5.41) is 3.63. The first-order valence-corrected chi connectivity index (χ1v) is 12.1. The van der Waals surface area contributed by atoms with Gasteiger partial charge in [-0.05, 0) is 37.7 Å². The number of nitrogens with zero attached hydrogens (tertiary/aromatic N) is 5. The summed E-state index contributed by atoms with van der Waals surface area (Å²) in [6, 6.07) is 13.8. The Labute approximate surface area is 197 Å². The first-order chi connectivity index (χ1) is 15.7. The Hall–Kier alpha value is -2.45. The zero-order valence-electron chi connectivity index (χ0n) is 18.1. The molecule has 0 spiro atoms. The maximum atomic E-state index is 6.14. The largest absolute Gasteiger partial charge is 0.493 e. The van der Waals surface area contributed by atoms with Gasteiger partial charge in [-0.1, -0.05) is 23.7 Å². The van der Waals surface area contributed by atoms with Crippen LogP contribution >= 0.6 is 22.9 Å². The normalized spacial score (nSPS) is 15.4. The Balaban J connectivity index is 1.26. The number of halogens is 1. The molecule has 2 aromatic carbocycles. The standard InChI is InChI=1S/C24H26ClN5OS/c1-28-9-11-29(12-10-28)8-3-13-31-20-6-7-21-23(15-20)30(17-26-21)24-27-22(16-32-24)18-4-2-5-19(25)14-18/h2,4-7,14-17H,3,8-13H2,1H3. The summed E-state index contributed by atoms with van der Waals surface area (Å²) in [7, 11) is 2.19. The smallest absolute Gasteiger partial charge is 0.195 e. The molecule has 32 heavy (non-hydrogen) atoms. The van der Waals surface area contributed by atoms with Crippen LogP contribution in [-0.2, 0) is 0 Å². The van der Waals surface area contributed by atoms with E-state index in [2.05, 4.69) is 27.9 Å². The third-order valence-corrected chi connectivity index (χ3v) is 6.90. The molecule has 0 amide bonds. The van der Waals surface area contributed by atoms with Crippen molar-refractivity contribution < 1.29 is 4.74 Å². The number of piperazine rings is 1. The van der Waals surface area contributed by atoms with Gasteiger partial charge in [0.05, 0.1) is 23.3 Å². The molecule has 8 heteroatoms. The minimum atomic E-state index is 0.708. The molecule has 0 aliphatic carbocycles. The summed E-state index contributed by atoms with van der Waals surface area (Å²) in [6.45, 7) is 6.38. The molecule has 0 bridgehead atoms. The summed E-state index contributed by atoms with van der Waals surface area (Å²) in [6.07, 6.45) is 2.85. The van der Waals surface area contributed by atoms with E-state index in [4.69, 9.17) is 21.3 Å². The predicted octanol–water partition coefficient (Wildman–Crippen LogP) is 4.82. The van der Waals surface area contributed by atoms with Gasteiger partial charge in [-0.15, -0.1) is 11.3 Å². The zero-order chi connectivity index (χ0) is 21.9. The Morgan fingerprint density at radius 2 is 1.97 bits per heavy atom. The molecule has 4 aromatic rings. The number of fused-ring (bicyclic) bond motifs is 1. The van der Waals surface area contributed by atoms with Gasteiger partial charge in [0.15, 0.2) is 5.13 Å². The number of benzene rings is 2. The predicted molar refractivity (Wildman–Crippen MR) is 131 cm³/mol. The van der Waals surface area contributed by atoms with E-state index >= 15 is 0 Å². The second-order valence-corrected chi connectivity index (χ2v) is 9.41. The van der Waals surface area contributed by atoms with Crippen LogP contribution in [-0.4, -0.2) is 70.7 Å². The van der Waals surface area contributed by atoms with Crippen molar-refractivity contribution in [1.82, 2.24) is 24.3 Å². The number of aromatic nitrogens is 3. The van der Waals surface area contributed by atoms with Crippen LogP contribution in [0.15, 0.2) is 54.2 Å². The Morgan fingerprint density at radius 3 is 2.81 bits per heavy atom. The van der Waals surface area contributed by atoms with E-state index in [0.717, 1.165) is 72.3 Å². The Morgan fingerprint density at radius 1 is 1.09 bits per heavy atom. The van der Waals surface area contributed by atoms with Crippen LogP contribution in [0.3, 0.4) is 0 Å². The van der Waals surface area contributed by atoms with Crippen LogP contribution in [0.2, 0.25) is 5.02 Å². The molecule has 5 rings (SSSR count). The second kappa shape index (κ2) is 9.58. The van der Waals surface area contributed by atoms with Crippen LogP contribution in [0.5, 0.6) is 5.75 Å². The number of hydrogen-bond donors (Lipinski definition) is 0. The monoisotopic (exact) mass is 467 g/mol. The van der Waals surface area contributed by atoms with Gasteiger partial charge in [-0.25, -0.2) is 9.97 Å². The fourth-order valence-corrected chi connectivity index (χ4v) is 4.94. The van der Waals surface area contributed by atoms with Crippen molar-refractivity contribution in [3.05, 3.63) is 59.2 Å². The maximum absolute atomic E-state index is 6.14. The summed E-state index contributed by atoms with van der Waals surface area (Å²) in [5.74, 6) is 0.865. The molecule has 1 aliphatic heterocycles. The van der Waals surface area contributed by atoms with Crippen molar-refractivity contribution in [2.75, 3.05) is 46.4 Å². The second-order valence-electron chi connectivity index (χ2n) is 8.14. The van der Waals surface area contributed by atoms with Crippen LogP contribution in [0.1, 0.15) is 6.42 Å². The molecule has 0 unspecified atom stereocenters. The lowest BCUT2D eigenvalue weighted by molar-refractivity contribution is 0.145. The van der Waals surface area contributed by atoms with Crippen molar-refractivity contribution in [3.63, 3.8) is 0 Å². The average Bonchev–Trinajstić information content (AvgIpc) is 3.45. The summed E-state index contributed by atoms with van der Waals surface area (Å²) < 4.78 is 8.08. The molecule has 0 N–H and O–H groups in total. The molecule has 1 saturated heterocycles. The van der Waals surface area contributed by atoms with Crippen LogP contribution < -0.4 is 4.74 Å². The van der Waals surface area contributed by atoms with E-state index in [1.807, 2.05) is 52.7 Å².